The fraction of sp³-hybridized carbons (Fsp3) is 0.556. The zero-order valence-corrected chi connectivity index (χ0v) is 8.76. The highest BCUT2D eigenvalue weighted by molar-refractivity contribution is 5.85. The maximum Gasteiger partial charge on any atom is 0.0724 e. The Morgan fingerprint density at radius 1 is 1.50 bits per heavy atom. The van der Waals surface area contributed by atoms with Crippen molar-refractivity contribution >= 4 is 12.4 Å². The van der Waals surface area contributed by atoms with Crippen molar-refractivity contribution in [3.8, 4) is 0 Å². The molecule has 78 valence electrons. The lowest BCUT2D eigenvalue weighted by atomic mass is 10.2. The Kier molecular flexibility index (Phi) is 4.79. The molecule has 14 heavy (non-hydrogen) atoms. The maximum absolute atomic E-state index is 4.19. The molecule has 5 heteroatoms. The lowest BCUT2D eigenvalue weighted by Gasteiger charge is -2.09. The first-order valence-corrected chi connectivity index (χ1v) is 4.64. The van der Waals surface area contributed by atoms with Gasteiger partial charge in [0, 0.05) is 37.7 Å². The number of hydrogen-bond acceptors (Lipinski definition) is 4. The van der Waals surface area contributed by atoms with Crippen molar-refractivity contribution in [2.45, 2.75) is 19.0 Å². The molecule has 1 aliphatic rings. The molecule has 1 aromatic heterocycles. The molecule has 0 radical (unpaired) electrons. The van der Waals surface area contributed by atoms with Crippen LogP contribution in [0.15, 0.2) is 18.6 Å². The van der Waals surface area contributed by atoms with Gasteiger partial charge in [0.2, 0.25) is 0 Å². The standard InChI is InChI=1S/C9H14N4.ClH/c1-2-10-5-8(1)13-7-9-6-11-3-4-12-9;/h3-4,6,8,10,13H,1-2,5,7H2;1H/t8-;/m1./s1. The Bertz CT molecular complexity index is 248. The average Bonchev–Trinajstić information content (AvgIpc) is 2.69. The van der Waals surface area contributed by atoms with Crippen LogP contribution in [0.25, 0.3) is 0 Å². The van der Waals surface area contributed by atoms with E-state index in [-0.39, 0.29) is 12.4 Å². The third-order valence-electron chi connectivity index (χ3n) is 2.25. The minimum absolute atomic E-state index is 0. The molecule has 0 unspecified atom stereocenters. The van der Waals surface area contributed by atoms with Gasteiger partial charge in [-0.15, -0.1) is 12.4 Å². The summed E-state index contributed by atoms with van der Waals surface area (Å²) in [5.74, 6) is 0. The SMILES string of the molecule is Cl.c1cnc(CN[C@@H]2CCNC2)cn1. The summed E-state index contributed by atoms with van der Waals surface area (Å²) < 4.78 is 0. The number of halogens is 1. The van der Waals surface area contributed by atoms with Gasteiger partial charge in [-0.1, -0.05) is 0 Å². The van der Waals surface area contributed by atoms with Crippen molar-refractivity contribution < 1.29 is 0 Å². The second-order valence-corrected chi connectivity index (χ2v) is 3.27. The molecule has 0 aromatic carbocycles. The van der Waals surface area contributed by atoms with Gasteiger partial charge in [0.15, 0.2) is 0 Å². The van der Waals surface area contributed by atoms with Gasteiger partial charge >= 0.3 is 0 Å². The van der Waals surface area contributed by atoms with Gasteiger partial charge in [0.25, 0.3) is 0 Å². The molecule has 2 heterocycles. The van der Waals surface area contributed by atoms with E-state index in [1.807, 2.05) is 0 Å². The second-order valence-electron chi connectivity index (χ2n) is 3.27. The molecule has 1 fully saturated rings. The van der Waals surface area contributed by atoms with Crippen LogP contribution < -0.4 is 10.6 Å². The first kappa shape index (κ1) is 11.4. The van der Waals surface area contributed by atoms with Crippen LogP contribution in [0.2, 0.25) is 0 Å². The average molecular weight is 215 g/mol. The van der Waals surface area contributed by atoms with Gasteiger partial charge in [-0.05, 0) is 13.0 Å². The molecule has 1 atom stereocenters. The highest BCUT2D eigenvalue weighted by atomic mass is 35.5. The van der Waals surface area contributed by atoms with Crippen molar-refractivity contribution in [1.82, 2.24) is 20.6 Å². The summed E-state index contributed by atoms with van der Waals surface area (Å²) in [5.41, 5.74) is 1.01. The van der Waals surface area contributed by atoms with Crippen molar-refractivity contribution in [1.29, 1.82) is 0 Å². The summed E-state index contributed by atoms with van der Waals surface area (Å²) in [7, 11) is 0. The molecule has 4 nitrogen and oxygen atoms in total. The smallest absolute Gasteiger partial charge is 0.0724 e. The van der Waals surface area contributed by atoms with E-state index >= 15 is 0 Å². The minimum Gasteiger partial charge on any atom is -0.315 e. The largest absolute Gasteiger partial charge is 0.315 e. The summed E-state index contributed by atoms with van der Waals surface area (Å²) in [6.07, 6.45) is 6.43. The van der Waals surface area contributed by atoms with E-state index in [0.717, 1.165) is 25.3 Å². The maximum atomic E-state index is 4.19. The Labute approximate surface area is 89.9 Å². The van der Waals surface area contributed by atoms with E-state index in [1.165, 1.54) is 6.42 Å². The van der Waals surface area contributed by atoms with Crippen LogP contribution >= 0.6 is 12.4 Å². The van der Waals surface area contributed by atoms with E-state index in [0.29, 0.717) is 6.04 Å². The number of nitrogens with one attached hydrogen (secondary N) is 2. The van der Waals surface area contributed by atoms with E-state index in [4.69, 9.17) is 0 Å². The van der Waals surface area contributed by atoms with Crippen LogP contribution in [0, 0.1) is 0 Å². The van der Waals surface area contributed by atoms with Crippen molar-refractivity contribution in [2.24, 2.45) is 0 Å². The number of hydrogen-bond donors (Lipinski definition) is 2. The topological polar surface area (TPSA) is 49.8 Å². The molecular formula is C9H15ClN4. The fourth-order valence-electron chi connectivity index (χ4n) is 1.50. The third-order valence-corrected chi connectivity index (χ3v) is 2.25. The van der Waals surface area contributed by atoms with Gasteiger partial charge in [0.1, 0.15) is 0 Å². The fourth-order valence-corrected chi connectivity index (χ4v) is 1.50. The van der Waals surface area contributed by atoms with Gasteiger partial charge in [-0.25, -0.2) is 0 Å². The second kappa shape index (κ2) is 5.90. The van der Waals surface area contributed by atoms with Crippen molar-refractivity contribution in [2.75, 3.05) is 13.1 Å². The lowest BCUT2D eigenvalue weighted by molar-refractivity contribution is 0.541. The normalized spacial score (nSPS) is 20.4. The minimum atomic E-state index is 0. The van der Waals surface area contributed by atoms with E-state index in [2.05, 4.69) is 20.6 Å². The van der Waals surface area contributed by atoms with Crippen LogP contribution in [-0.4, -0.2) is 29.1 Å². The van der Waals surface area contributed by atoms with E-state index < -0.39 is 0 Å². The molecule has 0 amide bonds. The van der Waals surface area contributed by atoms with Crippen LogP contribution in [-0.2, 0) is 6.54 Å². The monoisotopic (exact) mass is 214 g/mol. The predicted molar refractivity (Wildman–Crippen MR) is 57.4 cm³/mol. The molecule has 1 aromatic rings. The molecule has 2 N–H and O–H groups in total. The molecule has 0 spiro atoms. The highest BCUT2D eigenvalue weighted by Gasteiger charge is 2.12. The zero-order valence-electron chi connectivity index (χ0n) is 7.94. The summed E-state index contributed by atoms with van der Waals surface area (Å²) in [5, 5.41) is 6.74. The van der Waals surface area contributed by atoms with Gasteiger partial charge < -0.3 is 10.6 Å². The first-order chi connectivity index (χ1) is 6.45. The van der Waals surface area contributed by atoms with Crippen molar-refractivity contribution in [3.05, 3.63) is 24.3 Å². The van der Waals surface area contributed by atoms with Crippen LogP contribution in [0.3, 0.4) is 0 Å². The molecule has 1 saturated heterocycles. The highest BCUT2D eigenvalue weighted by Crippen LogP contribution is 1.98. The molecule has 0 saturated carbocycles. The summed E-state index contributed by atoms with van der Waals surface area (Å²) in [4.78, 5) is 8.21. The molecule has 1 aliphatic heterocycles. The van der Waals surface area contributed by atoms with Crippen LogP contribution in [0.1, 0.15) is 12.1 Å². The first-order valence-electron chi connectivity index (χ1n) is 4.64. The molecule has 0 aliphatic carbocycles. The Morgan fingerprint density at radius 3 is 3.07 bits per heavy atom. The van der Waals surface area contributed by atoms with Gasteiger partial charge in [0.05, 0.1) is 5.69 Å². The summed E-state index contributed by atoms with van der Waals surface area (Å²) in [6, 6.07) is 0.599. The van der Waals surface area contributed by atoms with Gasteiger partial charge in [-0.3, -0.25) is 9.97 Å². The van der Waals surface area contributed by atoms with Gasteiger partial charge in [-0.2, -0.15) is 0 Å². The van der Waals surface area contributed by atoms with Crippen molar-refractivity contribution in [3.63, 3.8) is 0 Å². The molecule has 0 bridgehead atoms. The Hall–Kier alpha value is -0.710. The number of aromatic nitrogens is 2. The molecule has 2 rings (SSSR count). The third kappa shape index (κ3) is 3.21. The number of rotatable bonds is 3. The Balaban J connectivity index is 0.000000980. The number of nitrogens with zero attached hydrogens (tertiary/aromatic N) is 2. The quantitative estimate of drug-likeness (QED) is 0.763. The van der Waals surface area contributed by atoms with Crippen LogP contribution in [0.5, 0.6) is 0 Å². The predicted octanol–water partition coefficient (Wildman–Crippen LogP) is 0.350. The molecular weight excluding hydrogens is 200 g/mol. The summed E-state index contributed by atoms with van der Waals surface area (Å²) in [6.45, 7) is 3.01. The Morgan fingerprint density at radius 2 is 2.43 bits per heavy atom. The summed E-state index contributed by atoms with van der Waals surface area (Å²) >= 11 is 0. The lowest BCUT2D eigenvalue weighted by Crippen LogP contribution is -2.30. The zero-order chi connectivity index (χ0) is 8.93. The van der Waals surface area contributed by atoms with Crippen LogP contribution in [0.4, 0.5) is 0 Å². The van der Waals surface area contributed by atoms with E-state index in [9.17, 15) is 0 Å². The van der Waals surface area contributed by atoms with E-state index in [1.54, 1.807) is 18.6 Å².